The number of carbonyl (C=O) groups excluding carboxylic acids is 1. The number of rotatable bonds is 3. The van der Waals surface area contributed by atoms with Crippen molar-refractivity contribution < 1.29 is 14.6 Å². The summed E-state index contributed by atoms with van der Waals surface area (Å²) in [5.74, 6) is 0.0847. The monoisotopic (exact) mass is 332 g/mol. The van der Waals surface area contributed by atoms with Gasteiger partial charge in [0.15, 0.2) is 0 Å². The summed E-state index contributed by atoms with van der Waals surface area (Å²) in [7, 11) is 0. The number of anilines is 2. The highest BCUT2D eigenvalue weighted by atomic mass is 16.5. The molecule has 2 aliphatic heterocycles. The van der Waals surface area contributed by atoms with Crippen LogP contribution >= 0.6 is 0 Å². The molecule has 0 aliphatic carbocycles. The Morgan fingerprint density at radius 3 is 2.46 bits per heavy atom. The van der Waals surface area contributed by atoms with E-state index in [1.54, 1.807) is 0 Å². The lowest BCUT2D eigenvalue weighted by atomic mass is 9.91. The van der Waals surface area contributed by atoms with Crippen molar-refractivity contribution in [3.05, 3.63) is 24.3 Å². The second-order valence-electron chi connectivity index (χ2n) is 7.15. The first-order chi connectivity index (χ1) is 11.5. The lowest BCUT2D eigenvalue weighted by molar-refractivity contribution is -0.127. The highest BCUT2D eigenvalue weighted by Gasteiger charge is 2.30. The zero-order valence-corrected chi connectivity index (χ0v) is 14.6. The summed E-state index contributed by atoms with van der Waals surface area (Å²) in [6.45, 7) is 5.70. The summed E-state index contributed by atoms with van der Waals surface area (Å²) in [4.78, 5) is 15.0. The Bertz CT molecular complexity index is 559. The molecule has 5 nitrogen and oxygen atoms in total. The Balaban J connectivity index is 1.70. The molecular weight excluding hydrogens is 304 g/mol. The topological polar surface area (TPSA) is 61.8 Å². The first-order valence-corrected chi connectivity index (χ1v) is 9.01. The van der Waals surface area contributed by atoms with E-state index in [4.69, 9.17) is 4.74 Å². The Morgan fingerprint density at radius 1 is 1.17 bits per heavy atom. The maximum atomic E-state index is 12.7. The summed E-state index contributed by atoms with van der Waals surface area (Å²) < 4.78 is 5.73. The van der Waals surface area contributed by atoms with Crippen molar-refractivity contribution in [1.82, 2.24) is 0 Å². The molecule has 1 aromatic carbocycles. The molecule has 2 atom stereocenters. The normalized spacial score (nSPS) is 28.6. The van der Waals surface area contributed by atoms with Gasteiger partial charge in [-0.2, -0.15) is 0 Å². The number of carbonyl (C=O) groups is 1. The van der Waals surface area contributed by atoms with Gasteiger partial charge in [-0.3, -0.25) is 4.79 Å². The van der Waals surface area contributed by atoms with Crippen molar-refractivity contribution in [3.63, 3.8) is 0 Å². The molecule has 0 radical (unpaired) electrons. The van der Waals surface area contributed by atoms with Crippen LogP contribution in [0.15, 0.2) is 24.3 Å². The van der Waals surface area contributed by atoms with E-state index in [9.17, 15) is 9.90 Å². The molecular formula is C19H28N2O3. The average Bonchev–Trinajstić information content (AvgIpc) is 2.55. The summed E-state index contributed by atoms with van der Waals surface area (Å²) in [6.07, 6.45) is 3.15. The molecule has 132 valence electrons. The molecule has 1 amide bonds. The van der Waals surface area contributed by atoms with Gasteiger partial charge in [0.2, 0.25) is 5.91 Å². The van der Waals surface area contributed by atoms with Gasteiger partial charge in [-0.05, 0) is 51.7 Å². The van der Waals surface area contributed by atoms with Gasteiger partial charge in [0.1, 0.15) is 0 Å². The number of aliphatic hydroxyl groups is 1. The Kier molecular flexibility index (Phi) is 5.41. The quantitative estimate of drug-likeness (QED) is 0.893. The number of hydrogen-bond donors (Lipinski definition) is 2. The fraction of sp³-hybridized carbons (Fsp3) is 0.632. The fourth-order valence-corrected chi connectivity index (χ4v) is 3.82. The van der Waals surface area contributed by atoms with Crippen LogP contribution in [0.2, 0.25) is 0 Å². The van der Waals surface area contributed by atoms with E-state index in [-0.39, 0.29) is 30.1 Å². The van der Waals surface area contributed by atoms with E-state index in [0.717, 1.165) is 50.1 Å². The maximum Gasteiger partial charge on any atom is 0.227 e. The van der Waals surface area contributed by atoms with Gasteiger partial charge in [-0.1, -0.05) is 12.1 Å². The van der Waals surface area contributed by atoms with E-state index in [1.165, 1.54) is 0 Å². The molecule has 2 unspecified atom stereocenters. The molecule has 0 aromatic heterocycles. The highest BCUT2D eigenvalue weighted by Crippen LogP contribution is 2.31. The highest BCUT2D eigenvalue weighted by molar-refractivity contribution is 5.96. The first-order valence-electron chi connectivity index (χ1n) is 9.01. The van der Waals surface area contributed by atoms with Gasteiger partial charge in [-0.25, -0.2) is 0 Å². The fourth-order valence-electron chi connectivity index (χ4n) is 3.82. The third kappa shape index (κ3) is 4.08. The van der Waals surface area contributed by atoms with Gasteiger partial charge in [-0.15, -0.1) is 0 Å². The van der Waals surface area contributed by atoms with E-state index >= 15 is 0 Å². The lowest BCUT2D eigenvalue weighted by Crippen LogP contribution is -2.38. The lowest BCUT2D eigenvalue weighted by Gasteiger charge is -2.34. The molecule has 2 saturated heterocycles. The van der Waals surface area contributed by atoms with E-state index in [0.29, 0.717) is 0 Å². The number of ether oxygens (including phenoxy) is 1. The summed E-state index contributed by atoms with van der Waals surface area (Å²) >= 11 is 0. The van der Waals surface area contributed by atoms with Crippen molar-refractivity contribution in [1.29, 1.82) is 0 Å². The second kappa shape index (κ2) is 7.53. The van der Waals surface area contributed by atoms with Gasteiger partial charge >= 0.3 is 0 Å². The predicted molar refractivity (Wildman–Crippen MR) is 95.3 cm³/mol. The molecule has 0 saturated carbocycles. The molecule has 3 rings (SSSR count). The van der Waals surface area contributed by atoms with Crippen LogP contribution in [0.5, 0.6) is 0 Å². The molecule has 1 aromatic rings. The SMILES string of the molecule is CC1CC(C(=O)Nc2ccccc2N2CCC(O)CC2)CC(C)O1. The zero-order valence-electron chi connectivity index (χ0n) is 14.6. The molecule has 0 bridgehead atoms. The number of amides is 1. The minimum absolute atomic E-state index is 0.0000146. The summed E-state index contributed by atoms with van der Waals surface area (Å²) in [6, 6.07) is 7.95. The summed E-state index contributed by atoms with van der Waals surface area (Å²) in [5.41, 5.74) is 1.91. The number of aliphatic hydroxyl groups excluding tert-OH is 1. The zero-order chi connectivity index (χ0) is 17.1. The van der Waals surface area contributed by atoms with Gasteiger partial charge in [0.05, 0.1) is 29.7 Å². The Hall–Kier alpha value is -1.59. The first kappa shape index (κ1) is 17.2. The van der Waals surface area contributed by atoms with Crippen LogP contribution in [0.25, 0.3) is 0 Å². The minimum atomic E-state index is -0.201. The van der Waals surface area contributed by atoms with E-state index in [2.05, 4.69) is 10.2 Å². The predicted octanol–water partition coefficient (Wildman–Crippen LogP) is 2.79. The number of hydrogen-bond acceptors (Lipinski definition) is 4. The van der Waals surface area contributed by atoms with Crippen molar-refractivity contribution >= 4 is 17.3 Å². The van der Waals surface area contributed by atoms with Crippen LogP contribution in [0.1, 0.15) is 39.5 Å². The van der Waals surface area contributed by atoms with Crippen molar-refractivity contribution in [3.8, 4) is 0 Å². The van der Waals surface area contributed by atoms with Crippen LogP contribution in [-0.4, -0.2) is 42.4 Å². The molecule has 2 aliphatic rings. The molecule has 2 N–H and O–H groups in total. The molecule has 24 heavy (non-hydrogen) atoms. The number of para-hydroxylation sites is 2. The molecule has 5 heteroatoms. The van der Waals surface area contributed by atoms with E-state index in [1.807, 2.05) is 38.1 Å². The molecule has 0 spiro atoms. The number of benzene rings is 1. The Morgan fingerprint density at radius 2 is 1.79 bits per heavy atom. The van der Waals surface area contributed by atoms with Crippen LogP contribution in [-0.2, 0) is 9.53 Å². The van der Waals surface area contributed by atoms with Crippen LogP contribution in [0, 0.1) is 5.92 Å². The smallest absolute Gasteiger partial charge is 0.227 e. The van der Waals surface area contributed by atoms with Gasteiger partial charge in [0.25, 0.3) is 0 Å². The molecule has 2 heterocycles. The maximum absolute atomic E-state index is 12.7. The molecule has 2 fully saturated rings. The number of nitrogens with zero attached hydrogens (tertiary/aromatic N) is 1. The van der Waals surface area contributed by atoms with Gasteiger partial charge < -0.3 is 20.1 Å². The average molecular weight is 332 g/mol. The third-order valence-corrected chi connectivity index (χ3v) is 5.04. The van der Waals surface area contributed by atoms with Crippen LogP contribution in [0.4, 0.5) is 11.4 Å². The largest absolute Gasteiger partial charge is 0.393 e. The van der Waals surface area contributed by atoms with E-state index < -0.39 is 0 Å². The second-order valence-corrected chi connectivity index (χ2v) is 7.15. The van der Waals surface area contributed by atoms with Crippen LogP contribution < -0.4 is 10.2 Å². The Labute approximate surface area is 144 Å². The van der Waals surface area contributed by atoms with Crippen LogP contribution in [0.3, 0.4) is 0 Å². The summed E-state index contributed by atoms with van der Waals surface area (Å²) in [5, 5.41) is 12.8. The number of nitrogens with one attached hydrogen (secondary N) is 1. The van der Waals surface area contributed by atoms with Crippen molar-refractivity contribution in [2.45, 2.75) is 57.8 Å². The van der Waals surface area contributed by atoms with Crippen molar-refractivity contribution in [2.24, 2.45) is 5.92 Å². The third-order valence-electron chi connectivity index (χ3n) is 5.04. The number of piperidine rings is 1. The van der Waals surface area contributed by atoms with Gasteiger partial charge in [0, 0.05) is 19.0 Å². The minimum Gasteiger partial charge on any atom is -0.393 e. The van der Waals surface area contributed by atoms with Crippen molar-refractivity contribution in [2.75, 3.05) is 23.3 Å². The standard InChI is InChI=1S/C19H28N2O3/c1-13-11-15(12-14(2)24-13)19(23)20-17-5-3-4-6-18(17)21-9-7-16(22)8-10-21/h3-6,13-16,22H,7-12H2,1-2H3,(H,20,23).